The van der Waals surface area contributed by atoms with E-state index < -0.39 is 0 Å². The fourth-order valence-electron chi connectivity index (χ4n) is 3.62. The zero-order valence-corrected chi connectivity index (χ0v) is 17.4. The Morgan fingerprint density at radius 1 is 0.900 bits per heavy atom. The number of benzene rings is 2. The number of amides is 2. The topological polar surface area (TPSA) is 61.4 Å². The molecule has 1 aliphatic heterocycles. The summed E-state index contributed by atoms with van der Waals surface area (Å²) in [4.78, 5) is 27.0. The van der Waals surface area contributed by atoms with Crippen molar-refractivity contribution in [2.24, 2.45) is 0 Å². The van der Waals surface area contributed by atoms with Crippen LogP contribution in [-0.4, -0.2) is 42.9 Å². The quantitative estimate of drug-likeness (QED) is 0.768. The van der Waals surface area contributed by atoms with Gasteiger partial charge < -0.3 is 15.5 Å². The van der Waals surface area contributed by atoms with E-state index in [-0.39, 0.29) is 17.9 Å². The molecule has 0 saturated carbocycles. The maximum absolute atomic E-state index is 12.7. The Balaban J connectivity index is 1.58. The second-order valence-corrected chi connectivity index (χ2v) is 7.60. The van der Waals surface area contributed by atoms with Crippen LogP contribution in [0, 0.1) is 0 Å². The van der Waals surface area contributed by atoms with Crippen LogP contribution in [0.1, 0.15) is 42.9 Å². The van der Waals surface area contributed by atoms with Crippen molar-refractivity contribution in [3.05, 3.63) is 77.9 Å². The second-order valence-electron chi connectivity index (χ2n) is 7.60. The summed E-state index contributed by atoms with van der Waals surface area (Å²) in [5.41, 5.74) is 2.14. The van der Waals surface area contributed by atoms with Gasteiger partial charge in [-0.25, -0.2) is 0 Å². The van der Waals surface area contributed by atoms with Crippen molar-refractivity contribution in [2.75, 3.05) is 26.2 Å². The third kappa shape index (κ3) is 7.16. The summed E-state index contributed by atoms with van der Waals surface area (Å²) in [6, 6.07) is 20.0. The van der Waals surface area contributed by atoms with Crippen molar-refractivity contribution in [1.82, 2.24) is 15.5 Å². The van der Waals surface area contributed by atoms with Crippen molar-refractivity contribution in [3.63, 3.8) is 0 Å². The van der Waals surface area contributed by atoms with Crippen LogP contribution in [0.2, 0.25) is 0 Å². The lowest BCUT2D eigenvalue weighted by molar-refractivity contribution is -0.126. The van der Waals surface area contributed by atoms with Gasteiger partial charge in [-0.05, 0) is 43.0 Å². The van der Waals surface area contributed by atoms with E-state index >= 15 is 0 Å². The van der Waals surface area contributed by atoms with Gasteiger partial charge in [0.1, 0.15) is 0 Å². The summed E-state index contributed by atoms with van der Waals surface area (Å²) in [6.45, 7) is 2.76. The third-order valence-electron chi connectivity index (χ3n) is 5.29. The Bertz CT molecular complexity index is 821. The number of hydrogen-bond acceptors (Lipinski definition) is 3. The molecule has 2 N–H and O–H groups in total. The van der Waals surface area contributed by atoms with E-state index in [0.29, 0.717) is 19.5 Å². The highest BCUT2D eigenvalue weighted by Gasteiger charge is 2.17. The molecule has 0 bridgehead atoms. The van der Waals surface area contributed by atoms with E-state index in [0.717, 1.165) is 43.5 Å². The molecule has 0 unspecified atom stereocenters. The van der Waals surface area contributed by atoms with E-state index in [4.69, 9.17) is 0 Å². The van der Waals surface area contributed by atoms with E-state index in [1.54, 1.807) is 6.08 Å². The smallest absolute Gasteiger partial charge is 0.246 e. The Labute approximate surface area is 179 Å². The maximum Gasteiger partial charge on any atom is 0.246 e. The first kappa shape index (κ1) is 21.8. The zero-order chi connectivity index (χ0) is 21.0. The molecule has 5 nitrogen and oxygen atoms in total. The minimum atomic E-state index is 0.0125. The Morgan fingerprint density at radius 3 is 2.37 bits per heavy atom. The first-order valence-corrected chi connectivity index (χ1v) is 10.8. The van der Waals surface area contributed by atoms with Crippen molar-refractivity contribution in [2.45, 2.75) is 31.7 Å². The van der Waals surface area contributed by atoms with Crippen molar-refractivity contribution < 1.29 is 9.59 Å². The molecule has 1 fully saturated rings. The normalized spacial score (nSPS) is 19.4. The van der Waals surface area contributed by atoms with Crippen molar-refractivity contribution in [1.29, 1.82) is 0 Å². The van der Waals surface area contributed by atoms with Gasteiger partial charge in [-0.1, -0.05) is 60.7 Å². The van der Waals surface area contributed by atoms with E-state index in [1.807, 2.05) is 59.5 Å². The summed E-state index contributed by atoms with van der Waals surface area (Å²) in [6.07, 6.45) is 6.57. The molecule has 1 saturated heterocycles. The van der Waals surface area contributed by atoms with Crippen LogP contribution in [0.5, 0.6) is 0 Å². The molecule has 0 radical (unpaired) electrons. The van der Waals surface area contributed by atoms with Gasteiger partial charge in [0.05, 0.1) is 0 Å². The van der Waals surface area contributed by atoms with Crippen molar-refractivity contribution in [3.8, 4) is 0 Å². The zero-order valence-electron chi connectivity index (χ0n) is 17.4. The molecule has 3 rings (SSSR count). The van der Waals surface area contributed by atoms with Gasteiger partial charge in [0, 0.05) is 38.2 Å². The number of nitrogens with one attached hydrogen (secondary N) is 2. The fourth-order valence-corrected chi connectivity index (χ4v) is 3.62. The van der Waals surface area contributed by atoms with Gasteiger partial charge in [-0.15, -0.1) is 0 Å². The summed E-state index contributed by atoms with van der Waals surface area (Å²) < 4.78 is 0. The SMILES string of the molecule is O=C1C[C@H](c2ccccc2)NCCCCN(C(=O)/C=C/c2ccccc2)CCCN1. The molecule has 1 aliphatic rings. The number of carbonyl (C=O) groups is 2. The highest BCUT2D eigenvalue weighted by atomic mass is 16.2. The van der Waals surface area contributed by atoms with Gasteiger partial charge in [0.15, 0.2) is 0 Å². The van der Waals surface area contributed by atoms with E-state index in [2.05, 4.69) is 22.8 Å². The van der Waals surface area contributed by atoms with Crippen LogP contribution in [0.25, 0.3) is 6.08 Å². The third-order valence-corrected chi connectivity index (χ3v) is 5.29. The average Bonchev–Trinajstić information content (AvgIpc) is 2.80. The van der Waals surface area contributed by atoms with Crippen LogP contribution in [0.4, 0.5) is 0 Å². The average molecular weight is 406 g/mol. The molecule has 0 spiro atoms. The fraction of sp³-hybridized carbons (Fsp3) is 0.360. The lowest BCUT2D eigenvalue weighted by Crippen LogP contribution is -2.34. The second kappa shape index (κ2) is 11.9. The summed E-state index contributed by atoms with van der Waals surface area (Å²) >= 11 is 0. The predicted octanol–water partition coefficient (Wildman–Crippen LogP) is 3.55. The highest BCUT2D eigenvalue weighted by Crippen LogP contribution is 2.17. The summed E-state index contributed by atoms with van der Waals surface area (Å²) in [5.74, 6) is 0.0626. The lowest BCUT2D eigenvalue weighted by Gasteiger charge is -2.21. The standard InChI is InChI=1S/C25H31N3O2/c29-24-20-23(22-12-5-2-6-13-22)26-16-7-8-18-28(19-9-17-27-24)25(30)15-14-21-10-3-1-4-11-21/h1-6,10-15,23,26H,7-9,16-20H2,(H,27,29)/b15-14+/t23-/m1/s1. The molecule has 2 aromatic carbocycles. The maximum atomic E-state index is 12.7. The molecule has 2 amide bonds. The molecule has 0 aromatic heterocycles. The van der Waals surface area contributed by atoms with Crippen LogP contribution in [0.15, 0.2) is 66.7 Å². The molecule has 1 heterocycles. The highest BCUT2D eigenvalue weighted by molar-refractivity contribution is 5.91. The van der Waals surface area contributed by atoms with Gasteiger partial charge in [0.25, 0.3) is 0 Å². The largest absolute Gasteiger partial charge is 0.356 e. The van der Waals surface area contributed by atoms with Gasteiger partial charge in [-0.3, -0.25) is 9.59 Å². The molecule has 30 heavy (non-hydrogen) atoms. The van der Waals surface area contributed by atoms with Gasteiger partial charge in [0.2, 0.25) is 11.8 Å². The minimum Gasteiger partial charge on any atom is -0.356 e. The lowest BCUT2D eigenvalue weighted by atomic mass is 10.0. The molecule has 5 heteroatoms. The predicted molar refractivity (Wildman–Crippen MR) is 121 cm³/mol. The molecular formula is C25H31N3O2. The van der Waals surface area contributed by atoms with E-state index in [9.17, 15) is 9.59 Å². The monoisotopic (exact) mass is 405 g/mol. The minimum absolute atomic E-state index is 0.0125. The van der Waals surface area contributed by atoms with Crippen LogP contribution in [0.3, 0.4) is 0 Å². The molecule has 158 valence electrons. The van der Waals surface area contributed by atoms with Crippen LogP contribution in [-0.2, 0) is 9.59 Å². The molecule has 1 atom stereocenters. The number of rotatable bonds is 3. The molecular weight excluding hydrogens is 374 g/mol. The molecule has 2 aromatic rings. The molecule has 0 aliphatic carbocycles. The van der Waals surface area contributed by atoms with Crippen LogP contribution >= 0.6 is 0 Å². The summed E-state index contributed by atoms with van der Waals surface area (Å²) in [7, 11) is 0. The van der Waals surface area contributed by atoms with E-state index in [1.165, 1.54) is 0 Å². The van der Waals surface area contributed by atoms with Gasteiger partial charge in [-0.2, -0.15) is 0 Å². The number of nitrogens with zero attached hydrogens (tertiary/aromatic N) is 1. The first-order valence-electron chi connectivity index (χ1n) is 10.8. The van der Waals surface area contributed by atoms with Crippen molar-refractivity contribution >= 4 is 17.9 Å². The number of hydrogen-bond donors (Lipinski definition) is 2. The Kier molecular flexibility index (Phi) is 8.66. The number of carbonyl (C=O) groups excluding carboxylic acids is 2. The Morgan fingerprint density at radius 2 is 1.60 bits per heavy atom. The Hall–Kier alpha value is -2.92. The first-order chi connectivity index (χ1) is 14.7. The van der Waals surface area contributed by atoms with Gasteiger partial charge >= 0.3 is 0 Å². The van der Waals surface area contributed by atoms with Crippen LogP contribution < -0.4 is 10.6 Å². The summed E-state index contributed by atoms with van der Waals surface area (Å²) in [5, 5.41) is 6.52.